The molecule has 0 aliphatic rings. The van der Waals surface area contributed by atoms with Crippen molar-refractivity contribution in [3.8, 4) is 0 Å². The molecule has 0 fully saturated rings. The van der Waals surface area contributed by atoms with Crippen LogP contribution in [-0.4, -0.2) is 8.07 Å². The fourth-order valence-electron chi connectivity index (χ4n) is 3.33. The standard InChI is InChI=1S/C19H33ClSi/c1-4-7-14-21(15-8-5-2,16-9-6-3)17-18-10-12-19(20)13-11-18/h10-13H,4-9,14-17H2,1-3H3. The van der Waals surface area contributed by atoms with Crippen LogP contribution in [0.2, 0.25) is 23.2 Å². The molecular formula is C19H33ClSi. The summed E-state index contributed by atoms with van der Waals surface area (Å²) in [4.78, 5) is 0. The van der Waals surface area contributed by atoms with Gasteiger partial charge in [-0.1, -0.05) is 107 Å². The normalized spacial score (nSPS) is 11.8. The molecule has 1 aromatic rings. The van der Waals surface area contributed by atoms with Gasteiger partial charge in [-0.15, -0.1) is 0 Å². The smallest absolute Gasteiger partial charge is 0.0579 e. The zero-order valence-corrected chi connectivity index (χ0v) is 16.0. The van der Waals surface area contributed by atoms with Gasteiger partial charge in [0.25, 0.3) is 0 Å². The highest BCUT2D eigenvalue weighted by atomic mass is 35.5. The molecule has 0 saturated carbocycles. The van der Waals surface area contributed by atoms with E-state index in [0.29, 0.717) is 0 Å². The van der Waals surface area contributed by atoms with Gasteiger partial charge in [0, 0.05) is 5.02 Å². The Labute approximate surface area is 138 Å². The third kappa shape index (κ3) is 7.01. The van der Waals surface area contributed by atoms with E-state index in [9.17, 15) is 0 Å². The van der Waals surface area contributed by atoms with Crippen molar-refractivity contribution in [2.45, 2.75) is 83.5 Å². The molecule has 2 heteroatoms. The van der Waals surface area contributed by atoms with E-state index in [2.05, 4.69) is 45.0 Å². The zero-order chi connectivity index (χ0) is 15.6. The number of halogens is 1. The van der Waals surface area contributed by atoms with Gasteiger partial charge in [-0.05, 0) is 18.2 Å². The van der Waals surface area contributed by atoms with Crippen LogP contribution >= 0.6 is 11.6 Å². The van der Waals surface area contributed by atoms with Crippen molar-refractivity contribution in [1.29, 1.82) is 0 Å². The van der Waals surface area contributed by atoms with Crippen LogP contribution in [0.1, 0.15) is 64.9 Å². The maximum absolute atomic E-state index is 6.05. The lowest BCUT2D eigenvalue weighted by Gasteiger charge is -2.32. The van der Waals surface area contributed by atoms with Crippen molar-refractivity contribution >= 4 is 19.7 Å². The van der Waals surface area contributed by atoms with Crippen molar-refractivity contribution in [2.24, 2.45) is 0 Å². The van der Waals surface area contributed by atoms with Crippen molar-refractivity contribution in [3.05, 3.63) is 34.9 Å². The van der Waals surface area contributed by atoms with Crippen LogP contribution in [0, 0.1) is 0 Å². The van der Waals surface area contributed by atoms with Crippen molar-refractivity contribution < 1.29 is 0 Å². The number of benzene rings is 1. The van der Waals surface area contributed by atoms with Gasteiger partial charge in [0.2, 0.25) is 0 Å². The van der Waals surface area contributed by atoms with Gasteiger partial charge in [0.05, 0.1) is 8.07 Å². The van der Waals surface area contributed by atoms with Crippen LogP contribution in [0.5, 0.6) is 0 Å². The molecule has 21 heavy (non-hydrogen) atoms. The molecule has 0 N–H and O–H groups in total. The van der Waals surface area contributed by atoms with Crippen LogP contribution in [0.25, 0.3) is 0 Å². The van der Waals surface area contributed by atoms with Gasteiger partial charge in [-0.25, -0.2) is 0 Å². The summed E-state index contributed by atoms with van der Waals surface area (Å²) in [5.41, 5.74) is 1.52. The van der Waals surface area contributed by atoms with E-state index in [0.717, 1.165) is 5.02 Å². The number of rotatable bonds is 11. The second kappa shape index (κ2) is 10.5. The van der Waals surface area contributed by atoms with Crippen LogP contribution < -0.4 is 0 Å². The third-order valence-electron chi connectivity index (χ3n) is 4.67. The van der Waals surface area contributed by atoms with Crippen molar-refractivity contribution in [1.82, 2.24) is 0 Å². The molecule has 1 aromatic carbocycles. The summed E-state index contributed by atoms with van der Waals surface area (Å²) in [7, 11) is -1.16. The summed E-state index contributed by atoms with van der Waals surface area (Å²) in [6.07, 6.45) is 8.29. The SMILES string of the molecule is CCCC[Si](CCCC)(CCCC)Cc1ccc(Cl)cc1. The summed E-state index contributed by atoms with van der Waals surface area (Å²) in [6, 6.07) is 14.6. The molecule has 0 saturated heterocycles. The Morgan fingerprint density at radius 3 is 1.57 bits per heavy atom. The van der Waals surface area contributed by atoms with Crippen molar-refractivity contribution in [3.63, 3.8) is 0 Å². The fraction of sp³-hybridized carbons (Fsp3) is 0.684. The average molecular weight is 325 g/mol. The highest BCUT2D eigenvalue weighted by Crippen LogP contribution is 2.32. The summed E-state index contributed by atoms with van der Waals surface area (Å²) >= 11 is 6.05. The molecule has 0 radical (unpaired) electrons. The van der Waals surface area contributed by atoms with Gasteiger partial charge in [-0.2, -0.15) is 0 Å². The van der Waals surface area contributed by atoms with E-state index < -0.39 is 8.07 Å². The van der Waals surface area contributed by atoms with Crippen molar-refractivity contribution in [2.75, 3.05) is 0 Å². The minimum Gasteiger partial charge on any atom is -0.0843 e. The molecule has 0 aliphatic heterocycles. The highest BCUT2D eigenvalue weighted by Gasteiger charge is 2.30. The average Bonchev–Trinajstić information content (AvgIpc) is 2.51. The Bertz CT molecular complexity index is 350. The van der Waals surface area contributed by atoms with Gasteiger partial charge in [-0.3, -0.25) is 0 Å². The van der Waals surface area contributed by atoms with E-state index in [-0.39, 0.29) is 0 Å². The Kier molecular flexibility index (Phi) is 9.34. The maximum atomic E-state index is 6.05. The fourth-order valence-corrected chi connectivity index (χ4v) is 9.15. The number of hydrogen-bond donors (Lipinski definition) is 0. The first-order valence-corrected chi connectivity index (χ1v) is 12.1. The van der Waals surface area contributed by atoms with E-state index in [1.165, 1.54) is 68.3 Å². The quantitative estimate of drug-likeness (QED) is 0.375. The molecule has 0 bridgehead atoms. The Hall–Kier alpha value is -0.273. The Balaban J connectivity index is 2.85. The second-order valence-corrected chi connectivity index (χ2v) is 11.9. The Morgan fingerprint density at radius 2 is 1.19 bits per heavy atom. The monoisotopic (exact) mass is 324 g/mol. The Morgan fingerprint density at radius 1 is 0.762 bits per heavy atom. The number of hydrogen-bond acceptors (Lipinski definition) is 0. The van der Waals surface area contributed by atoms with Crippen LogP contribution in [0.3, 0.4) is 0 Å². The lowest BCUT2D eigenvalue weighted by molar-refractivity contribution is 0.784. The maximum Gasteiger partial charge on any atom is 0.0579 e. The summed E-state index contributed by atoms with van der Waals surface area (Å²) in [5, 5.41) is 0.863. The zero-order valence-electron chi connectivity index (χ0n) is 14.3. The molecule has 0 amide bonds. The first-order valence-electron chi connectivity index (χ1n) is 8.90. The molecule has 0 aromatic heterocycles. The van der Waals surface area contributed by atoms with Crippen LogP contribution in [0.4, 0.5) is 0 Å². The molecule has 0 nitrogen and oxygen atoms in total. The molecule has 0 aliphatic carbocycles. The van der Waals surface area contributed by atoms with E-state index in [1.807, 2.05) is 0 Å². The predicted octanol–water partition coefficient (Wildman–Crippen LogP) is 7.27. The molecule has 0 spiro atoms. The molecule has 0 atom stereocenters. The second-order valence-electron chi connectivity index (χ2n) is 6.61. The van der Waals surface area contributed by atoms with E-state index >= 15 is 0 Å². The van der Waals surface area contributed by atoms with Gasteiger partial charge >= 0.3 is 0 Å². The minimum absolute atomic E-state index is 0.863. The predicted molar refractivity (Wildman–Crippen MR) is 100 cm³/mol. The lowest BCUT2D eigenvalue weighted by atomic mass is 10.2. The number of unbranched alkanes of at least 4 members (excludes halogenated alkanes) is 3. The molecule has 120 valence electrons. The highest BCUT2D eigenvalue weighted by molar-refractivity contribution is 6.79. The summed E-state index contributed by atoms with van der Waals surface area (Å²) in [6.45, 7) is 7.00. The molecule has 0 heterocycles. The minimum atomic E-state index is -1.16. The van der Waals surface area contributed by atoms with Crippen LogP contribution in [0.15, 0.2) is 24.3 Å². The first-order chi connectivity index (χ1) is 10.2. The summed E-state index contributed by atoms with van der Waals surface area (Å²) < 4.78 is 0. The summed E-state index contributed by atoms with van der Waals surface area (Å²) in [5.74, 6) is 0. The molecule has 1 rings (SSSR count). The molecular weight excluding hydrogens is 292 g/mol. The van der Waals surface area contributed by atoms with E-state index in [1.54, 1.807) is 0 Å². The lowest BCUT2D eigenvalue weighted by Crippen LogP contribution is -2.37. The third-order valence-corrected chi connectivity index (χ3v) is 10.3. The van der Waals surface area contributed by atoms with E-state index in [4.69, 9.17) is 11.6 Å². The van der Waals surface area contributed by atoms with Gasteiger partial charge in [0.1, 0.15) is 0 Å². The van der Waals surface area contributed by atoms with Gasteiger partial charge < -0.3 is 0 Å². The topological polar surface area (TPSA) is 0 Å². The first kappa shape index (κ1) is 18.8. The van der Waals surface area contributed by atoms with Crippen LogP contribution in [-0.2, 0) is 6.04 Å². The molecule has 0 unspecified atom stereocenters. The largest absolute Gasteiger partial charge is 0.0843 e. The van der Waals surface area contributed by atoms with Gasteiger partial charge in [0.15, 0.2) is 0 Å².